The zero-order valence-corrected chi connectivity index (χ0v) is 11.1. The molecule has 0 spiro atoms. The Morgan fingerprint density at radius 3 is 2.82 bits per heavy atom. The molecule has 4 heteroatoms. The maximum Gasteiger partial charge on any atom is 0.103 e. The number of halogens is 1. The first-order valence-electron chi connectivity index (χ1n) is 5.74. The summed E-state index contributed by atoms with van der Waals surface area (Å²) in [6.07, 6.45) is 3.17. The van der Waals surface area contributed by atoms with Crippen LogP contribution in [0.25, 0.3) is 0 Å². The summed E-state index contributed by atoms with van der Waals surface area (Å²) in [4.78, 5) is 0. The zero-order valence-electron chi connectivity index (χ0n) is 9.54. The summed E-state index contributed by atoms with van der Waals surface area (Å²) in [5, 5.41) is 21.4. The van der Waals surface area contributed by atoms with Crippen LogP contribution >= 0.6 is 15.9 Å². The predicted molar refractivity (Wildman–Crippen MR) is 70.7 cm³/mol. The summed E-state index contributed by atoms with van der Waals surface area (Å²) in [6, 6.07) is 7.89. The smallest absolute Gasteiger partial charge is 0.103 e. The summed E-state index contributed by atoms with van der Waals surface area (Å²) in [7, 11) is 0. The maximum atomic E-state index is 9.09. The van der Waals surface area contributed by atoms with Gasteiger partial charge >= 0.3 is 0 Å². The summed E-state index contributed by atoms with van der Waals surface area (Å²) in [5.74, 6) is 0. The number of aliphatic hydroxyl groups excluding tert-OH is 1. The molecule has 0 unspecified atom stereocenters. The number of hydrogen-bond donors (Lipinski definition) is 2. The Kier molecular flexibility index (Phi) is 3.70. The number of nitrogens with zero attached hydrogens (tertiary/aromatic N) is 1. The lowest BCUT2D eigenvalue weighted by molar-refractivity contribution is 0.253. The number of benzene rings is 1. The third-order valence-electron chi connectivity index (χ3n) is 3.38. The average molecular weight is 295 g/mol. The molecule has 1 fully saturated rings. The summed E-state index contributed by atoms with van der Waals surface area (Å²) < 4.78 is 0.817. The fraction of sp³-hybridized carbons (Fsp3) is 0.462. The highest BCUT2D eigenvalue weighted by Crippen LogP contribution is 2.48. The van der Waals surface area contributed by atoms with Crippen molar-refractivity contribution >= 4 is 21.6 Å². The third-order valence-corrected chi connectivity index (χ3v) is 4.04. The molecule has 1 aliphatic rings. The van der Waals surface area contributed by atoms with E-state index in [9.17, 15) is 0 Å². The van der Waals surface area contributed by atoms with Crippen LogP contribution in [-0.4, -0.2) is 18.3 Å². The first-order chi connectivity index (χ1) is 8.21. The van der Waals surface area contributed by atoms with E-state index in [-0.39, 0.29) is 12.0 Å². The van der Waals surface area contributed by atoms with Gasteiger partial charge in [0.05, 0.1) is 11.3 Å². The Labute approximate surface area is 110 Å². The van der Waals surface area contributed by atoms with Crippen LogP contribution in [0.1, 0.15) is 24.8 Å². The molecule has 0 saturated heterocycles. The van der Waals surface area contributed by atoms with Gasteiger partial charge in [-0.15, -0.1) is 0 Å². The maximum absolute atomic E-state index is 9.09. The fourth-order valence-corrected chi connectivity index (χ4v) is 2.45. The predicted octanol–water partition coefficient (Wildman–Crippen LogP) is 2.90. The summed E-state index contributed by atoms with van der Waals surface area (Å²) >= 11 is 3.37. The lowest BCUT2D eigenvalue weighted by Gasteiger charge is -2.16. The number of nitriles is 1. The van der Waals surface area contributed by atoms with Crippen molar-refractivity contribution in [2.45, 2.75) is 19.3 Å². The van der Waals surface area contributed by atoms with Crippen LogP contribution in [0.5, 0.6) is 0 Å². The van der Waals surface area contributed by atoms with Gasteiger partial charge in [-0.2, -0.15) is 5.26 Å². The molecule has 0 aliphatic heterocycles. The van der Waals surface area contributed by atoms with Gasteiger partial charge in [0.2, 0.25) is 0 Å². The monoisotopic (exact) mass is 294 g/mol. The molecule has 0 bridgehead atoms. The second-order valence-electron chi connectivity index (χ2n) is 4.60. The summed E-state index contributed by atoms with van der Waals surface area (Å²) in [6.45, 7) is 1.07. The van der Waals surface area contributed by atoms with Crippen molar-refractivity contribution in [3.63, 3.8) is 0 Å². The van der Waals surface area contributed by atoms with E-state index < -0.39 is 0 Å². The molecule has 2 rings (SSSR count). The van der Waals surface area contributed by atoms with Gasteiger partial charge in [0.25, 0.3) is 0 Å². The van der Waals surface area contributed by atoms with E-state index in [1.807, 2.05) is 18.2 Å². The molecule has 1 saturated carbocycles. The molecule has 17 heavy (non-hydrogen) atoms. The van der Waals surface area contributed by atoms with Crippen molar-refractivity contribution < 1.29 is 5.11 Å². The first kappa shape index (κ1) is 12.4. The molecule has 3 nitrogen and oxygen atoms in total. The Morgan fingerprint density at radius 2 is 2.24 bits per heavy atom. The average Bonchev–Trinajstić information content (AvgIpc) is 3.07. The zero-order chi connectivity index (χ0) is 12.3. The first-order valence-corrected chi connectivity index (χ1v) is 6.53. The van der Waals surface area contributed by atoms with E-state index in [0.717, 1.165) is 36.0 Å². The fourth-order valence-electron chi connectivity index (χ4n) is 2.00. The van der Waals surface area contributed by atoms with E-state index >= 15 is 0 Å². The standard InChI is InChI=1S/C13H15BrN2O/c14-11-2-1-3-12(10(11)8-15)16-9-13(4-5-13)6-7-17/h1-3,16-17H,4-7,9H2. The molecule has 1 aromatic rings. The number of rotatable bonds is 5. The minimum atomic E-state index is 0.241. The molecular formula is C13H15BrN2O. The van der Waals surface area contributed by atoms with Gasteiger partial charge in [-0.05, 0) is 52.7 Å². The van der Waals surface area contributed by atoms with E-state index in [1.165, 1.54) is 0 Å². The van der Waals surface area contributed by atoms with Crippen molar-refractivity contribution in [2.75, 3.05) is 18.5 Å². The number of aliphatic hydroxyl groups is 1. The Balaban J connectivity index is 2.05. The molecule has 90 valence electrons. The quantitative estimate of drug-likeness (QED) is 0.878. The largest absolute Gasteiger partial charge is 0.396 e. The second-order valence-corrected chi connectivity index (χ2v) is 5.46. The van der Waals surface area contributed by atoms with Gasteiger partial charge in [0, 0.05) is 17.6 Å². The van der Waals surface area contributed by atoms with Crippen LogP contribution in [0.4, 0.5) is 5.69 Å². The molecule has 1 aliphatic carbocycles. The molecule has 0 aromatic heterocycles. The van der Waals surface area contributed by atoms with Gasteiger partial charge in [-0.3, -0.25) is 0 Å². The molecule has 0 atom stereocenters. The van der Waals surface area contributed by atoms with E-state index in [1.54, 1.807) is 0 Å². The second kappa shape index (κ2) is 5.07. The van der Waals surface area contributed by atoms with Crippen LogP contribution < -0.4 is 5.32 Å². The summed E-state index contributed by atoms with van der Waals surface area (Å²) in [5.41, 5.74) is 1.77. The highest BCUT2D eigenvalue weighted by atomic mass is 79.9. The van der Waals surface area contributed by atoms with Crippen LogP contribution in [-0.2, 0) is 0 Å². The normalized spacial score (nSPS) is 16.3. The van der Waals surface area contributed by atoms with E-state index in [4.69, 9.17) is 10.4 Å². The topological polar surface area (TPSA) is 56.0 Å². The molecule has 2 N–H and O–H groups in total. The van der Waals surface area contributed by atoms with Crippen LogP contribution in [0.15, 0.2) is 22.7 Å². The highest BCUT2D eigenvalue weighted by molar-refractivity contribution is 9.10. The van der Waals surface area contributed by atoms with Crippen molar-refractivity contribution in [2.24, 2.45) is 5.41 Å². The van der Waals surface area contributed by atoms with Gasteiger partial charge in [-0.1, -0.05) is 6.07 Å². The van der Waals surface area contributed by atoms with Gasteiger partial charge in [0.1, 0.15) is 6.07 Å². The molecule has 0 radical (unpaired) electrons. The van der Waals surface area contributed by atoms with Gasteiger partial charge < -0.3 is 10.4 Å². The van der Waals surface area contributed by atoms with Crippen molar-refractivity contribution in [3.05, 3.63) is 28.2 Å². The van der Waals surface area contributed by atoms with E-state index in [0.29, 0.717) is 5.56 Å². The lowest BCUT2D eigenvalue weighted by Crippen LogP contribution is -2.17. The number of hydrogen-bond acceptors (Lipinski definition) is 3. The third kappa shape index (κ3) is 2.80. The van der Waals surface area contributed by atoms with Crippen molar-refractivity contribution in [1.82, 2.24) is 0 Å². The van der Waals surface area contributed by atoms with Crippen LogP contribution in [0.2, 0.25) is 0 Å². The lowest BCUT2D eigenvalue weighted by atomic mass is 10.0. The minimum absolute atomic E-state index is 0.241. The minimum Gasteiger partial charge on any atom is -0.396 e. The van der Waals surface area contributed by atoms with Crippen molar-refractivity contribution in [1.29, 1.82) is 5.26 Å². The van der Waals surface area contributed by atoms with Crippen molar-refractivity contribution in [3.8, 4) is 6.07 Å². The van der Waals surface area contributed by atoms with E-state index in [2.05, 4.69) is 27.3 Å². The molecule has 0 heterocycles. The van der Waals surface area contributed by atoms with Crippen LogP contribution in [0, 0.1) is 16.7 Å². The van der Waals surface area contributed by atoms with Gasteiger partial charge in [-0.25, -0.2) is 0 Å². The molecular weight excluding hydrogens is 280 g/mol. The Hall–Kier alpha value is -1.05. The number of nitrogens with one attached hydrogen (secondary N) is 1. The molecule has 0 amide bonds. The molecule has 1 aromatic carbocycles. The van der Waals surface area contributed by atoms with Gasteiger partial charge in [0.15, 0.2) is 0 Å². The Morgan fingerprint density at radius 1 is 1.47 bits per heavy atom. The van der Waals surface area contributed by atoms with Crippen LogP contribution in [0.3, 0.4) is 0 Å². The number of anilines is 1. The Bertz CT molecular complexity index is 449. The SMILES string of the molecule is N#Cc1c(Br)cccc1NCC1(CCO)CC1. The highest BCUT2D eigenvalue weighted by Gasteiger charge is 2.41.